The molecule has 2 aliphatic rings. The van der Waals surface area contributed by atoms with Crippen LogP contribution in [0.15, 0.2) is 29.7 Å². The number of pyridine rings is 1. The lowest BCUT2D eigenvalue weighted by atomic mass is 10.1. The second-order valence-electron chi connectivity index (χ2n) is 5.29. The standard InChI is InChI=1S/C15H18N4O2/c16-12-3-1-2-11(12)14(17)15(20)19-6-7-21-13-4-5-18-8-10(13)9-19/h4-5,8,17H,1-3,6-7,9,16H2. The molecule has 1 aliphatic heterocycles. The molecule has 6 heteroatoms. The molecule has 0 aromatic carbocycles. The third-order valence-corrected chi connectivity index (χ3v) is 3.90. The van der Waals surface area contributed by atoms with Gasteiger partial charge >= 0.3 is 0 Å². The van der Waals surface area contributed by atoms with Gasteiger partial charge in [0.15, 0.2) is 0 Å². The Balaban J connectivity index is 1.79. The Morgan fingerprint density at radius 3 is 3.05 bits per heavy atom. The van der Waals surface area contributed by atoms with Crippen molar-refractivity contribution in [3.05, 3.63) is 35.3 Å². The van der Waals surface area contributed by atoms with E-state index in [1.165, 1.54) is 0 Å². The Labute approximate surface area is 123 Å². The number of fused-ring (bicyclic) bond motifs is 1. The summed E-state index contributed by atoms with van der Waals surface area (Å²) in [6.07, 6.45) is 5.79. The van der Waals surface area contributed by atoms with Gasteiger partial charge in [-0.15, -0.1) is 0 Å². The number of aromatic nitrogens is 1. The number of nitrogens with zero attached hydrogens (tertiary/aromatic N) is 2. The number of nitrogens with two attached hydrogens (primary N) is 1. The highest BCUT2D eigenvalue weighted by atomic mass is 16.5. The molecule has 1 aromatic rings. The van der Waals surface area contributed by atoms with Crippen molar-refractivity contribution in [3.8, 4) is 5.75 Å². The van der Waals surface area contributed by atoms with Crippen LogP contribution in [0.4, 0.5) is 0 Å². The third kappa shape index (κ3) is 2.61. The molecule has 0 saturated carbocycles. The Bertz CT molecular complexity index is 624. The van der Waals surface area contributed by atoms with E-state index >= 15 is 0 Å². The molecule has 1 amide bonds. The van der Waals surface area contributed by atoms with Gasteiger partial charge in [0, 0.05) is 29.2 Å². The maximum Gasteiger partial charge on any atom is 0.272 e. The van der Waals surface area contributed by atoms with Crippen molar-refractivity contribution in [2.75, 3.05) is 13.2 Å². The van der Waals surface area contributed by atoms with E-state index in [0.29, 0.717) is 31.0 Å². The van der Waals surface area contributed by atoms with Crippen molar-refractivity contribution in [2.45, 2.75) is 25.8 Å². The minimum Gasteiger partial charge on any atom is -0.491 e. The van der Waals surface area contributed by atoms with Crippen molar-refractivity contribution in [2.24, 2.45) is 5.73 Å². The smallest absolute Gasteiger partial charge is 0.272 e. The van der Waals surface area contributed by atoms with Crippen molar-refractivity contribution in [3.63, 3.8) is 0 Å². The Morgan fingerprint density at radius 1 is 1.43 bits per heavy atom. The number of hydrogen-bond donors (Lipinski definition) is 2. The fraction of sp³-hybridized carbons (Fsp3) is 0.400. The highest BCUT2D eigenvalue weighted by Gasteiger charge is 2.27. The molecule has 0 radical (unpaired) electrons. The number of amides is 1. The molecular formula is C15H18N4O2. The number of nitrogens with one attached hydrogen (secondary N) is 1. The van der Waals surface area contributed by atoms with Crippen LogP contribution in [0.5, 0.6) is 5.75 Å². The second-order valence-corrected chi connectivity index (χ2v) is 5.29. The molecule has 0 atom stereocenters. The summed E-state index contributed by atoms with van der Waals surface area (Å²) >= 11 is 0. The minimum absolute atomic E-state index is 0.0253. The van der Waals surface area contributed by atoms with Crippen LogP contribution in [0.2, 0.25) is 0 Å². The van der Waals surface area contributed by atoms with Crippen molar-refractivity contribution < 1.29 is 9.53 Å². The van der Waals surface area contributed by atoms with E-state index in [2.05, 4.69) is 4.98 Å². The molecule has 21 heavy (non-hydrogen) atoms. The summed E-state index contributed by atoms with van der Waals surface area (Å²) < 4.78 is 5.61. The van der Waals surface area contributed by atoms with E-state index in [1.54, 1.807) is 23.4 Å². The summed E-state index contributed by atoms with van der Waals surface area (Å²) in [5.74, 6) is 0.474. The van der Waals surface area contributed by atoms with E-state index in [9.17, 15) is 4.79 Å². The fourth-order valence-electron chi connectivity index (χ4n) is 2.74. The van der Waals surface area contributed by atoms with Gasteiger partial charge in [0.05, 0.1) is 13.1 Å². The van der Waals surface area contributed by atoms with Crippen LogP contribution < -0.4 is 10.5 Å². The third-order valence-electron chi connectivity index (χ3n) is 3.90. The largest absolute Gasteiger partial charge is 0.491 e. The summed E-state index contributed by atoms with van der Waals surface area (Å²) in [6, 6.07) is 1.80. The van der Waals surface area contributed by atoms with Gasteiger partial charge in [-0.2, -0.15) is 0 Å². The predicted octanol–water partition coefficient (Wildman–Crippen LogP) is 1.22. The number of hydrogen-bond acceptors (Lipinski definition) is 5. The van der Waals surface area contributed by atoms with Crippen molar-refractivity contribution >= 4 is 11.6 Å². The summed E-state index contributed by atoms with van der Waals surface area (Å²) in [7, 11) is 0. The van der Waals surface area contributed by atoms with Crippen molar-refractivity contribution in [1.29, 1.82) is 5.41 Å². The predicted molar refractivity (Wildman–Crippen MR) is 77.9 cm³/mol. The number of carbonyl (C=O) groups is 1. The Morgan fingerprint density at radius 2 is 2.29 bits per heavy atom. The van der Waals surface area contributed by atoms with E-state index in [1.807, 2.05) is 0 Å². The van der Waals surface area contributed by atoms with E-state index in [0.717, 1.165) is 30.6 Å². The highest BCUT2D eigenvalue weighted by Crippen LogP contribution is 2.25. The lowest BCUT2D eigenvalue weighted by Crippen LogP contribution is -2.38. The quantitative estimate of drug-likeness (QED) is 0.799. The summed E-state index contributed by atoms with van der Waals surface area (Å²) in [5.41, 5.74) is 8.17. The zero-order chi connectivity index (χ0) is 14.8. The average molecular weight is 286 g/mol. The first-order chi connectivity index (χ1) is 10.2. The first kappa shape index (κ1) is 13.6. The molecule has 0 spiro atoms. The van der Waals surface area contributed by atoms with Crippen molar-refractivity contribution in [1.82, 2.24) is 9.88 Å². The number of allylic oxidation sites excluding steroid dienone is 1. The molecular weight excluding hydrogens is 268 g/mol. The van der Waals surface area contributed by atoms with Crippen LogP contribution in [-0.2, 0) is 11.3 Å². The van der Waals surface area contributed by atoms with Crippen LogP contribution >= 0.6 is 0 Å². The maximum atomic E-state index is 12.5. The number of ether oxygens (including phenoxy) is 1. The van der Waals surface area contributed by atoms with E-state index in [4.69, 9.17) is 15.9 Å². The summed E-state index contributed by atoms with van der Waals surface area (Å²) in [4.78, 5) is 18.2. The van der Waals surface area contributed by atoms with Gasteiger partial charge in [-0.3, -0.25) is 15.2 Å². The van der Waals surface area contributed by atoms with Gasteiger partial charge in [-0.05, 0) is 25.3 Å². The average Bonchev–Trinajstić information content (AvgIpc) is 2.80. The summed E-state index contributed by atoms with van der Waals surface area (Å²) in [5, 5.41) is 8.13. The van der Waals surface area contributed by atoms with E-state index in [-0.39, 0.29) is 11.6 Å². The first-order valence-corrected chi connectivity index (χ1v) is 7.08. The molecule has 110 valence electrons. The van der Waals surface area contributed by atoms with Gasteiger partial charge < -0.3 is 15.4 Å². The second kappa shape index (κ2) is 5.55. The lowest BCUT2D eigenvalue weighted by molar-refractivity contribution is -0.124. The number of rotatable bonds is 2. The molecule has 1 aliphatic carbocycles. The Hall–Kier alpha value is -2.37. The van der Waals surface area contributed by atoms with Crippen LogP contribution in [0.25, 0.3) is 0 Å². The highest BCUT2D eigenvalue weighted by molar-refractivity contribution is 6.44. The molecule has 2 heterocycles. The molecule has 6 nitrogen and oxygen atoms in total. The van der Waals surface area contributed by atoms with Gasteiger partial charge in [-0.1, -0.05) is 0 Å². The Kier molecular flexibility index (Phi) is 3.60. The molecule has 3 rings (SSSR count). The zero-order valence-corrected chi connectivity index (χ0v) is 11.8. The van der Waals surface area contributed by atoms with Gasteiger partial charge in [0.25, 0.3) is 5.91 Å². The SMILES string of the molecule is N=C(C(=O)N1CCOc2ccncc2C1)C1=C(N)CCC1. The van der Waals surface area contributed by atoms with Crippen LogP contribution in [0.1, 0.15) is 24.8 Å². The van der Waals surface area contributed by atoms with Gasteiger partial charge in [0.1, 0.15) is 18.1 Å². The fourth-order valence-corrected chi connectivity index (χ4v) is 2.74. The monoisotopic (exact) mass is 286 g/mol. The molecule has 3 N–H and O–H groups in total. The van der Waals surface area contributed by atoms with Gasteiger partial charge in [0.2, 0.25) is 0 Å². The molecule has 0 unspecified atom stereocenters. The molecule has 0 saturated heterocycles. The first-order valence-electron chi connectivity index (χ1n) is 7.08. The molecule has 0 fully saturated rings. The topological polar surface area (TPSA) is 92.3 Å². The maximum absolute atomic E-state index is 12.5. The van der Waals surface area contributed by atoms with Crippen LogP contribution in [0, 0.1) is 5.41 Å². The van der Waals surface area contributed by atoms with Crippen LogP contribution in [-0.4, -0.2) is 34.7 Å². The minimum atomic E-state index is -0.282. The van der Waals surface area contributed by atoms with Gasteiger partial charge in [-0.25, -0.2) is 0 Å². The van der Waals surface area contributed by atoms with Crippen LogP contribution in [0.3, 0.4) is 0 Å². The van der Waals surface area contributed by atoms with E-state index < -0.39 is 0 Å². The lowest BCUT2D eigenvalue weighted by Gasteiger charge is -2.20. The number of carbonyl (C=O) groups excluding carboxylic acids is 1. The molecule has 1 aromatic heterocycles. The zero-order valence-electron chi connectivity index (χ0n) is 11.8. The summed E-state index contributed by atoms with van der Waals surface area (Å²) in [6.45, 7) is 1.30. The molecule has 0 bridgehead atoms. The normalized spacial score (nSPS) is 18.0.